The third kappa shape index (κ3) is 5.65. The summed E-state index contributed by atoms with van der Waals surface area (Å²) < 4.78 is 2.46. The highest BCUT2D eigenvalue weighted by atomic mass is 15.1. The second-order valence-corrected chi connectivity index (χ2v) is 13.6. The summed E-state index contributed by atoms with van der Waals surface area (Å²) >= 11 is 0. The van der Waals surface area contributed by atoms with Crippen molar-refractivity contribution in [2.24, 2.45) is 0 Å². The van der Waals surface area contributed by atoms with Crippen molar-refractivity contribution in [1.82, 2.24) is 4.57 Å². The van der Waals surface area contributed by atoms with Gasteiger partial charge in [-0.1, -0.05) is 151 Å². The maximum absolute atomic E-state index is 2.46. The van der Waals surface area contributed by atoms with Crippen LogP contribution in [-0.4, -0.2) is 4.57 Å². The van der Waals surface area contributed by atoms with Crippen molar-refractivity contribution in [2.75, 3.05) is 4.90 Å². The van der Waals surface area contributed by atoms with Crippen molar-refractivity contribution < 1.29 is 0 Å². The lowest BCUT2D eigenvalue weighted by atomic mass is 10.00. The van der Waals surface area contributed by atoms with Crippen LogP contribution in [0.4, 0.5) is 17.1 Å². The second kappa shape index (κ2) is 13.2. The van der Waals surface area contributed by atoms with E-state index in [9.17, 15) is 0 Å². The van der Waals surface area contributed by atoms with Crippen LogP contribution >= 0.6 is 0 Å². The third-order valence-electron chi connectivity index (χ3n) is 10.1. The molecule has 0 radical (unpaired) electrons. The van der Waals surface area contributed by atoms with Gasteiger partial charge in [-0.2, -0.15) is 0 Å². The smallest absolute Gasteiger partial charge is 0.0562 e. The molecule has 0 atom stereocenters. The average molecular weight is 667 g/mol. The monoisotopic (exact) mass is 666 g/mol. The first-order valence-electron chi connectivity index (χ1n) is 17.9. The molecule has 2 nitrogen and oxygen atoms in total. The van der Waals surface area contributed by atoms with E-state index in [4.69, 9.17) is 0 Å². The number of fused-ring (bicyclic) bond motifs is 3. The highest BCUT2D eigenvalue weighted by Gasteiger charge is 2.22. The van der Waals surface area contributed by atoms with Crippen molar-refractivity contribution in [1.29, 1.82) is 0 Å². The lowest BCUT2D eigenvalue weighted by molar-refractivity contribution is 1.17. The molecular weight excluding hydrogens is 629 g/mol. The molecule has 0 aliphatic carbocycles. The van der Waals surface area contributed by atoms with Gasteiger partial charge in [0, 0.05) is 27.7 Å². The molecule has 8 aromatic carbocycles. The molecule has 1 heterocycles. The van der Waals surface area contributed by atoms with Crippen LogP contribution in [0, 0.1) is 13.8 Å². The molecule has 9 aromatic rings. The van der Waals surface area contributed by atoms with Gasteiger partial charge >= 0.3 is 0 Å². The van der Waals surface area contributed by atoms with Gasteiger partial charge in [0.2, 0.25) is 0 Å². The third-order valence-corrected chi connectivity index (χ3v) is 10.1. The predicted molar refractivity (Wildman–Crippen MR) is 221 cm³/mol. The summed E-state index contributed by atoms with van der Waals surface area (Å²) in [4.78, 5) is 2.42. The number of anilines is 3. The molecule has 0 aliphatic heterocycles. The lowest BCUT2D eigenvalue weighted by Gasteiger charge is -2.27. The van der Waals surface area contributed by atoms with E-state index in [-0.39, 0.29) is 0 Å². The number of hydrogen-bond acceptors (Lipinski definition) is 1. The van der Waals surface area contributed by atoms with Gasteiger partial charge in [-0.3, -0.25) is 0 Å². The van der Waals surface area contributed by atoms with Gasteiger partial charge in [0.15, 0.2) is 0 Å². The summed E-state index contributed by atoms with van der Waals surface area (Å²) in [6.07, 6.45) is 0. The van der Waals surface area contributed by atoms with Gasteiger partial charge in [-0.25, -0.2) is 0 Å². The van der Waals surface area contributed by atoms with E-state index < -0.39 is 0 Å². The van der Waals surface area contributed by atoms with E-state index in [0.29, 0.717) is 0 Å². The second-order valence-electron chi connectivity index (χ2n) is 13.6. The number of hydrogen-bond donors (Lipinski definition) is 0. The Morgan fingerprint density at radius 2 is 0.885 bits per heavy atom. The summed E-state index contributed by atoms with van der Waals surface area (Å²) in [6, 6.07) is 70.4. The van der Waals surface area contributed by atoms with Gasteiger partial charge in [-0.15, -0.1) is 0 Å². The van der Waals surface area contributed by atoms with Crippen molar-refractivity contribution in [3.63, 3.8) is 0 Å². The number of nitrogens with zero attached hydrogens (tertiary/aromatic N) is 2. The van der Waals surface area contributed by atoms with E-state index in [1.54, 1.807) is 0 Å². The molecule has 0 spiro atoms. The Morgan fingerprint density at radius 3 is 1.50 bits per heavy atom. The van der Waals surface area contributed by atoms with Crippen molar-refractivity contribution in [3.8, 4) is 39.1 Å². The van der Waals surface area contributed by atoms with Gasteiger partial charge < -0.3 is 9.47 Å². The van der Waals surface area contributed by atoms with E-state index >= 15 is 0 Å². The van der Waals surface area contributed by atoms with Crippen LogP contribution in [0.25, 0.3) is 60.9 Å². The van der Waals surface area contributed by atoms with Crippen molar-refractivity contribution in [2.45, 2.75) is 13.8 Å². The number of para-hydroxylation sites is 1. The summed E-state index contributed by atoms with van der Waals surface area (Å²) in [6.45, 7) is 4.32. The SMILES string of the molecule is Cc1ccc(-c2cc(C)ccc2-n2c3ccccc3c3c(N(c4ccc(-c5ccccc5)cc4)c4ccc(-c5ccccc5)cc4)cccc32)cc1. The molecule has 0 N–H and O–H groups in total. The zero-order valence-electron chi connectivity index (χ0n) is 29.4. The molecule has 1 aromatic heterocycles. The van der Waals surface area contributed by atoms with Crippen LogP contribution in [0.2, 0.25) is 0 Å². The largest absolute Gasteiger partial charge is 0.310 e. The highest BCUT2D eigenvalue weighted by molar-refractivity contribution is 6.17. The topological polar surface area (TPSA) is 8.17 Å². The summed E-state index contributed by atoms with van der Waals surface area (Å²) in [7, 11) is 0. The Hall–Kier alpha value is -6.64. The zero-order valence-corrected chi connectivity index (χ0v) is 29.4. The molecule has 0 fully saturated rings. The fourth-order valence-corrected chi connectivity index (χ4v) is 7.55. The lowest BCUT2D eigenvalue weighted by Crippen LogP contribution is -2.10. The highest BCUT2D eigenvalue weighted by Crippen LogP contribution is 2.45. The van der Waals surface area contributed by atoms with Crippen LogP contribution in [0.3, 0.4) is 0 Å². The van der Waals surface area contributed by atoms with Crippen molar-refractivity contribution >= 4 is 38.9 Å². The Labute approximate surface area is 305 Å². The molecule has 0 aliphatic rings. The Balaban J connectivity index is 1.27. The quantitative estimate of drug-likeness (QED) is 0.164. The Morgan fingerprint density at radius 1 is 0.385 bits per heavy atom. The number of aryl methyl sites for hydroxylation is 2. The van der Waals surface area contributed by atoms with Crippen LogP contribution in [0.5, 0.6) is 0 Å². The average Bonchev–Trinajstić information content (AvgIpc) is 3.54. The first kappa shape index (κ1) is 31.3. The molecule has 52 heavy (non-hydrogen) atoms. The van der Waals surface area contributed by atoms with Crippen LogP contribution in [0.15, 0.2) is 194 Å². The summed E-state index contributed by atoms with van der Waals surface area (Å²) in [5.41, 5.74) is 16.6. The predicted octanol–water partition coefficient (Wildman–Crippen LogP) is 13.9. The van der Waals surface area contributed by atoms with E-state index in [1.165, 1.54) is 72.0 Å². The van der Waals surface area contributed by atoms with E-state index in [0.717, 1.165) is 17.1 Å². The number of rotatable bonds is 7. The first-order chi connectivity index (χ1) is 25.6. The van der Waals surface area contributed by atoms with Crippen LogP contribution in [-0.2, 0) is 0 Å². The minimum absolute atomic E-state index is 1.10. The maximum Gasteiger partial charge on any atom is 0.0562 e. The van der Waals surface area contributed by atoms with Crippen molar-refractivity contribution in [3.05, 3.63) is 205 Å². The van der Waals surface area contributed by atoms with Crippen LogP contribution in [0.1, 0.15) is 11.1 Å². The van der Waals surface area contributed by atoms with Gasteiger partial charge in [-0.05, 0) is 96.3 Å². The minimum atomic E-state index is 1.10. The fourth-order valence-electron chi connectivity index (χ4n) is 7.55. The summed E-state index contributed by atoms with van der Waals surface area (Å²) in [5.74, 6) is 0. The van der Waals surface area contributed by atoms with Gasteiger partial charge in [0.1, 0.15) is 0 Å². The molecule has 0 amide bonds. The normalized spacial score (nSPS) is 11.3. The van der Waals surface area contributed by atoms with E-state index in [1.807, 2.05) is 0 Å². The van der Waals surface area contributed by atoms with Gasteiger partial charge in [0.05, 0.1) is 22.4 Å². The summed E-state index contributed by atoms with van der Waals surface area (Å²) in [5, 5.41) is 2.43. The molecule has 2 heteroatoms. The molecular formula is C50H38N2. The number of benzene rings is 8. The molecule has 9 rings (SSSR count). The minimum Gasteiger partial charge on any atom is -0.310 e. The Bertz CT molecular complexity index is 2570. The van der Waals surface area contributed by atoms with Gasteiger partial charge in [0.25, 0.3) is 0 Å². The first-order valence-corrected chi connectivity index (χ1v) is 17.9. The number of aromatic nitrogens is 1. The maximum atomic E-state index is 2.46. The molecule has 0 saturated heterocycles. The molecule has 0 bridgehead atoms. The fraction of sp³-hybridized carbons (Fsp3) is 0.0400. The Kier molecular flexibility index (Phi) is 7.98. The zero-order chi connectivity index (χ0) is 35.0. The van der Waals surface area contributed by atoms with E-state index in [2.05, 4.69) is 217 Å². The van der Waals surface area contributed by atoms with Crippen LogP contribution < -0.4 is 4.90 Å². The molecule has 248 valence electrons. The standard InChI is InChI=1S/C50H38N2/c1-35-20-23-41(24-21-35)45-34-36(2)22-33-47(45)52-46-17-10-9-16-44(46)50-48(18-11-19-49(50)52)51(42-29-25-39(26-30-42)37-12-5-3-6-13-37)43-31-27-40(28-32-43)38-14-7-4-8-15-38/h3-34H,1-2H3. The molecule has 0 unspecified atom stereocenters. The molecule has 0 saturated carbocycles.